The number of likely N-dealkylation sites (N-methyl/N-ethyl adjacent to an activating group) is 1. The van der Waals surface area contributed by atoms with Crippen LogP contribution >= 0.6 is 0 Å². The lowest BCUT2D eigenvalue weighted by atomic mass is 9.82. The van der Waals surface area contributed by atoms with Gasteiger partial charge in [-0.2, -0.15) is 10.2 Å². The van der Waals surface area contributed by atoms with Crippen LogP contribution in [0.3, 0.4) is 0 Å². The Balaban J connectivity index is 1.86. The third-order valence-electron chi connectivity index (χ3n) is 5.76. The summed E-state index contributed by atoms with van der Waals surface area (Å²) >= 11 is 0. The van der Waals surface area contributed by atoms with Gasteiger partial charge in [-0.1, -0.05) is 12.1 Å². The molecule has 9 heteroatoms. The number of hydrogen-bond acceptors (Lipinski definition) is 5. The van der Waals surface area contributed by atoms with E-state index in [2.05, 4.69) is 20.3 Å². The minimum absolute atomic E-state index is 0.199. The molecule has 2 unspecified atom stereocenters. The van der Waals surface area contributed by atoms with Crippen molar-refractivity contribution >= 4 is 16.5 Å². The topological polar surface area (TPSA) is 79.7 Å². The molecule has 0 saturated heterocycles. The van der Waals surface area contributed by atoms with Gasteiger partial charge in [0.15, 0.2) is 0 Å². The molecule has 3 heterocycles. The van der Waals surface area contributed by atoms with Crippen LogP contribution in [0.25, 0.3) is 10.8 Å². The smallest absolute Gasteiger partial charge is 0.272 e. The van der Waals surface area contributed by atoms with Gasteiger partial charge < -0.3 is 4.90 Å². The van der Waals surface area contributed by atoms with E-state index in [1.165, 1.54) is 30.6 Å². The first kappa shape index (κ1) is 18.4. The summed E-state index contributed by atoms with van der Waals surface area (Å²) in [5.74, 6) is -0.768. The van der Waals surface area contributed by atoms with Crippen LogP contribution in [-0.4, -0.2) is 38.6 Å². The minimum atomic E-state index is -0.498. The van der Waals surface area contributed by atoms with Gasteiger partial charge in [0.2, 0.25) is 0 Å². The largest absolute Gasteiger partial charge is 0.373 e. The van der Waals surface area contributed by atoms with Gasteiger partial charge in [0.05, 0.1) is 17.0 Å². The number of nitrogens with zero attached hydrogens (tertiary/aromatic N) is 5. The Morgan fingerprint density at radius 1 is 1.10 bits per heavy atom. The van der Waals surface area contributed by atoms with Gasteiger partial charge in [-0.25, -0.2) is 18.9 Å². The lowest BCUT2D eigenvalue weighted by Gasteiger charge is -2.28. The van der Waals surface area contributed by atoms with Crippen LogP contribution in [-0.2, 0) is 7.05 Å². The van der Waals surface area contributed by atoms with Crippen molar-refractivity contribution < 1.29 is 8.78 Å². The van der Waals surface area contributed by atoms with Crippen LogP contribution in [0.4, 0.5) is 14.5 Å². The molecule has 2 aromatic heterocycles. The highest BCUT2D eigenvalue weighted by molar-refractivity contribution is 5.96. The van der Waals surface area contributed by atoms with Crippen LogP contribution in [0.15, 0.2) is 47.5 Å². The fourth-order valence-corrected chi connectivity index (χ4v) is 4.38. The normalized spacial score (nSPS) is 18.6. The highest BCUT2D eigenvalue weighted by Gasteiger charge is 2.37. The minimum Gasteiger partial charge on any atom is -0.373 e. The molecule has 4 aromatic rings. The van der Waals surface area contributed by atoms with E-state index in [9.17, 15) is 13.6 Å². The van der Waals surface area contributed by atoms with E-state index in [1.807, 2.05) is 11.9 Å². The number of nitrogens with one attached hydrogen (secondary N) is 1. The molecule has 0 amide bonds. The predicted octanol–water partition coefficient (Wildman–Crippen LogP) is 2.70. The number of aromatic amines is 1. The average molecular weight is 408 g/mol. The zero-order valence-corrected chi connectivity index (χ0v) is 16.3. The molecule has 0 saturated carbocycles. The Morgan fingerprint density at radius 3 is 2.57 bits per heavy atom. The molecule has 1 aliphatic rings. The van der Waals surface area contributed by atoms with Crippen LogP contribution in [0.2, 0.25) is 0 Å². The lowest BCUT2D eigenvalue weighted by molar-refractivity contribution is 0.537. The van der Waals surface area contributed by atoms with Crippen molar-refractivity contribution in [2.45, 2.75) is 11.8 Å². The Labute approximate surface area is 170 Å². The van der Waals surface area contributed by atoms with E-state index in [1.54, 1.807) is 23.9 Å². The van der Waals surface area contributed by atoms with Crippen molar-refractivity contribution in [3.8, 4) is 0 Å². The molecule has 152 valence electrons. The monoisotopic (exact) mass is 408 g/mol. The first-order valence-electron chi connectivity index (χ1n) is 9.46. The second-order valence-corrected chi connectivity index (χ2v) is 7.54. The Hall–Kier alpha value is -3.62. The van der Waals surface area contributed by atoms with Gasteiger partial charge >= 0.3 is 0 Å². The first-order chi connectivity index (χ1) is 14.4. The quantitative estimate of drug-likeness (QED) is 0.552. The highest BCUT2D eigenvalue weighted by Crippen LogP contribution is 2.45. The Morgan fingerprint density at radius 2 is 1.87 bits per heavy atom. The van der Waals surface area contributed by atoms with Gasteiger partial charge in [-0.15, -0.1) is 0 Å². The molecular formula is C21H18F2N6O. The van der Waals surface area contributed by atoms with Crippen LogP contribution in [0.5, 0.6) is 0 Å². The maximum absolute atomic E-state index is 14.4. The number of halogens is 2. The fraction of sp³-hybridized carbons (Fsp3) is 0.238. The molecule has 2 aromatic carbocycles. The first-order valence-corrected chi connectivity index (χ1v) is 9.46. The van der Waals surface area contributed by atoms with Gasteiger partial charge in [0.25, 0.3) is 5.56 Å². The van der Waals surface area contributed by atoms with Crippen LogP contribution in [0.1, 0.15) is 28.9 Å². The summed E-state index contributed by atoms with van der Waals surface area (Å²) in [6.07, 6.45) is 1.46. The summed E-state index contributed by atoms with van der Waals surface area (Å²) in [4.78, 5) is 18.8. The number of rotatable bonds is 2. The predicted molar refractivity (Wildman–Crippen MR) is 108 cm³/mol. The standard InChI is InChI=1S/C21H18F2N6O/c1-28-9-15(11-3-5-12(22)6-4-11)18(20-24-10-25-29(20)2)19-17-14(21(30)27-26-19)7-13(23)8-16(17)28/h3-8,10,15,18H,9H2,1-2H3,(H,27,30). The molecule has 0 bridgehead atoms. The summed E-state index contributed by atoms with van der Waals surface area (Å²) in [5, 5.41) is 11.9. The van der Waals surface area contributed by atoms with E-state index in [-0.39, 0.29) is 17.1 Å². The van der Waals surface area contributed by atoms with Crippen molar-refractivity contribution in [2.75, 3.05) is 18.5 Å². The van der Waals surface area contributed by atoms with Gasteiger partial charge in [0.1, 0.15) is 23.8 Å². The molecule has 0 fully saturated rings. The van der Waals surface area contributed by atoms with Crippen LogP contribution < -0.4 is 10.5 Å². The van der Waals surface area contributed by atoms with Crippen molar-refractivity contribution in [1.82, 2.24) is 25.0 Å². The third kappa shape index (κ3) is 2.77. The third-order valence-corrected chi connectivity index (χ3v) is 5.76. The number of aromatic nitrogens is 5. The summed E-state index contributed by atoms with van der Waals surface area (Å²) in [6, 6.07) is 8.93. The van der Waals surface area contributed by atoms with Crippen molar-refractivity contribution in [2.24, 2.45) is 7.05 Å². The zero-order valence-electron chi connectivity index (χ0n) is 16.3. The van der Waals surface area contributed by atoms with Gasteiger partial charge in [-0.05, 0) is 29.8 Å². The van der Waals surface area contributed by atoms with Crippen molar-refractivity contribution in [3.05, 3.63) is 81.8 Å². The van der Waals surface area contributed by atoms with Gasteiger partial charge in [0, 0.05) is 37.6 Å². The molecule has 2 atom stereocenters. The zero-order chi connectivity index (χ0) is 21.0. The number of aryl methyl sites for hydroxylation is 1. The second kappa shape index (κ2) is 6.72. The van der Waals surface area contributed by atoms with E-state index >= 15 is 0 Å². The number of hydrogen-bond donors (Lipinski definition) is 1. The van der Waals surface area contributed by atoms with E-state index in [0.29, 0.717) is 29.1 Å². The number of benzene rings is 2. The molecule has 0 spiro atoms. The number of anilines is 1. The molecule has 0 aliphatic carbocycles. The molecule has 5 rings (SSSR count). The second-order valence-electron chi connectivity index (χ2n) is 7.54. The molecule has 1 N–H and O–H groups in total. The van der Waals surface area contributed by atoms with Crippen LogP contribution in [0, 0.1) is 11.6 Å². The summed E-state index contributed by atoms with van der Waals surface area (Å²) in [6.45, 7) is 0.478. The molecule has 7 nitrogen and oxygen atoms in total. The maximum Gasteiger partial charge on any atom is 0.272 e. The molecule has 0 radical (unpaired) electrons. The molecule has 30 heavy (non-hydrogen) atoms. The lowest BCUT2D eigenvalue weighted by Crippen LogP contribution is -2.27. The molecular weight excluding hydrogens is 390 g/mol. The van der Waals surface area contributed by atoms with Crippen molar-refractivity contribution in [1.29, 1.82) is 0 Å². The van der Waals surface area contributed by atoms with Gasteiger partial charge in [-0.3, -0.25) is 9.48 Å². The van der Waals surface area contributed by atoms with Crippen molar-refractivity contribution in [3.63, 3.8) is 0 Å². The highest BCUT2D eigenvalue weighted by atomic mass is 19.1. The van der Waals surface area contributed by atoms with E-state index < -0.39 is 17.3 Å². The Bertz CT molecular complexity index is 1310. The summed E-state index contributed by atoms with van der Waals surface area (Å²) < 4.78 is 29.6. The summed E-state index contributed by atoms with van der Waals surface area (Å²) in [7, 11) is 3.63. The summed E-state index contributed by atoms with van der Waals surface area (Å²) in [5.41, 5.74) is 1.58. The van der Waals surface area contributed by atoms with E-state index in [0.717, 1.165) is 5.56 Å². The fourth-order valence-electron chi connectivity index (χ4n) is 4.38. The molecule has 1 aliphatic heterocycles. The maximum atomic E-state index is 14.4. The van der Waals surface area contributed by atoms with E-state index in [4.69, 9.17) is 0 Å². The SMILES string of the molecule is CN1CC(c2ccc(F)cc2)C(c2ncnn2C)c2n[nH]c(=O)c3cc(F)cc1c23. The average Bonchev–Trinajstić information content (AvgIpc) is 3.10. The number of H-pyrrole nitrogens is 1. The Kier molecular flexibility index (Phi) is 4.12.